The van der Waals surface area contributed by atoms with E-state index in [0.29, 0.717) is 0 Å². The quantitative estimate of drug-likeness (QED) is 0.791. The summed E-state index contributed by atoms with van der Waals surface area (Å²) < 4.78 is 1.90. The van der Waals surface area contributed by atoms with Crippen LogP contribution in [0.2, 0.25) is 0 Å². The van der Waals surface area contributed by atoms with E-state index < -0.39 is 0 Å². The van der Waals surface area contributed by atoms with Crippen LogP contribution in [0.3, 0.4) is 0 Å². The first-order chi connectivity index (χ1) is 9.74. The topological polar surface area (TPSA) is 55.6 Å². The van der Waals surface area contributed by atoms with Gasteiger partial charge in [-0.1, -0.05) is 18.2 Å². The Balaban J connectivity index is 1.91. The minimum Gasteiger partial charge on any atom is -0.337 e. The number of hydrogen-bond donors (Lipinski definition) is 1. The summed E-state index contributed by atoms with van der Waals surface area (Å²) in [5, 5.41) is 7.68. The van der Waals surface area contributed by atoms with E-state index >= 15 is 0 Å². The minimum atomic E-state index is 0.771. The second-order valence-corrected chi connectivity index (χ2v) is 4.56. The molecule has 5 nitrogen and oxygen atoms in total. The van der Waals surface area contributed by atoms with Crippen LogP contribution in [-0.2, 0) is 0 Å². The van der Waals surface area contributed by atoms with Crippen molar-refractivity contribution < 1.29 is 0 Å². The molecule has 0 spiro atoms. The molecule has 1 aromatic carbocycles. The van der Waals surface area contributed by atoms with Gasteiger partial charge in [-0.25, -0.2) is 14.6 Å². The van der Waals surface area contributed by atoms with Gasteiger partial charge in [0.25, 0.3) is 0 Å². The summed E-state index contributed by atoms with van der Waals surface area (Å²) in [6.45, 7) is 3.96. The van der Waals surface area contributed by atoms with Gasteiger partial charge in [0.2, 0.25) is 0 Å². The maximum atomic E-state index is 4.42. The lowest BCUT2D eigenvalue weighted by atomic mass is 10.3. The average Bonchev–Trinajstić information content (AvgIpc) is 2.81. The fourth-order valence-corrected chi connectivity index (χ4v) is 2.02. The molecule has 0 aliphatic heterocycles. The Bertz CT molecular complexity index is 718. The minimum absolute atomic E-state index is 0.771. The number of rotatable bonds is 3. The first-order valence-electron chi connectivity index (χ1n) is 6.40. The van der Waals surface area contributed by atoms with Crippen molar-refractivity contribution in [1.82, 2.24) is 19.7 Å². The molecule has 0 atom stereocenters. The van der Waals surface area contributed by atoms with Crippen LogP contribution in [0.5, 0.6) is 0 Å². The molecule has 3 aromatic rings. The maximum Gasteiger partial charge on any atom is 0.134 e. The summed E-state index contributed by atoms with van der Waals surface area (Å²) >= 11 is 0. The van der Waals surface area contributed by atoms with E-state index in [9.17, 15) is 0 Å². The third-order valence-corrected chi connectivity index (χ3v) is 3.08. The van der Waals surface area contributed by atoms with Gasteiger partial charge in [-0.3, -0.25) is 0 Å². The van der Waals surface area contributed by atoms with Crippen LogP contribution in [0.1, 0.15) is 11.4 Å². The Morgan fingerprint density at radius 3 is 2.60 bits per heavy atom. The molecule has 3 rings (SSSR count). The summed E-state index contributed by atoms with van der Waals surface area (Å²) in [6, 6.07) is 11.9. The number of hydrogen-bond acceptors (Lipinski definition) is 4. The van der Waals surface area contributed by atoms with Crippen LogP contribution in [0.25, 0.3) is 5.69 Å². The lowest BCUT2D eigenvalue weighted by Crippen LogP contribution is -2.00. The summed E-state index contributed by atoms with van der Waals surface area (Å²) in [6.07, 6.45) is 3.36. The number of benzene rings is 1. The van der Waals surface area contributed by atoms with Gasteiger partial charge in [0.05, 0.1) is 23.3 Å². The van der Waals surface area contributed by atoms with Gasteiger partial charge >= 0.3 is 0 Å². The highest BCUT2D eigenvalue weighted by Gasteiger charge is 2.08. The van der Waals surface area contributed by atoms with Crippen LogP contribution in [0.15, 0.2) is 48.9 Å². The molecule has 0 aliphatic carbocycles. The Kier molecular flexibility index (Phi) is 3.16. The molecule has 0 saturated heterocycles. The van der Waals surface area contributed by atoms with E-state index in [2.05, 4.69) is 20.4 Å². The number of nitrogens with zero attached hydrogens (tertiary/aromatic N) is 4. The van der Waals surface area contributed by atoms with Gasteiger partial charge in [0.15, 0.2) is 0 Å². The number of aromatic nitrogens is 4. The van der Waals surface area contributed by atoms with Crippen LogP contribution < -0.4 is 5.32 Å². The van der Waals surface area contributed by atoms with Crippen molar-refractivity contribution in [2.75, 3.05) is 5.32 Å². The Morgan fingerprint density at radius 1 is 1.05 bits per heavy atom. The molecule has 100 valence electrons. The molecule has 2 aromatic heterocycles. The van der Waals surface area contributed by atoms with E-state index in [0.717, 1.165) is 28.6 Å². The molecular weight excluding hydrogens is 250 g/mol. The van der Waals surface area contributed by atoms with Crippen LogP contribution in [0.4, 0.5) is 11.5 Å². The van der Waals surface area contributed by atoms with Crippen molar-refractivity contribution in [3.05, 3.63) is 60.3 Å². The smallest absolute Gasteiger partial charge is 0.134 e. The summed E-state index contributed by atoms with van der Waals surface area (Å²) in [7, 11) is 0. The number of aryl methyl sites for hydroxylation is 1. The van der Waals surface area contributed by atoms with Crippen LogP contribution in [0, 0.1) is 13.8 Å². The molecule has 0 fully saturated rings. The molecule has 5 heteroatoms. The second-order valence-electron chi connectivity index (χ2n) is 4.56. The van der Waals surface area contributed by atoms with Crippen LogP contribution in [-0.4, -0.2) is 19.7 Å². The molecular formula is C15H15N5. The predicted octanol–water partition coefficient (Wildman–Crippen LogP) is 3.02. The van der Waals surface area contributed by atoms with E-state index in [1.54, 1.807) is 12.5 Å². The van der Waals surface area contributed by atoms with Gasteiger partial charge in [0, 0.05) is 11.8 Å². The highest BCUT2D eigenvalue weighted by molar-refractivity contribution is 5.59. The molecule has 0 amide bonds. The predicted molar refractivity (Wildman–Crippen MR) is 78.4 cm³/mol. The number of nitrogens with one attached hydrogen (secondary N) is 1. The zero-order chi connectivity index (χ0) is 13.9. The lowest BCUT2D eigenvalue weighted by molar-refractivity contribution is 0.847. The average molecular weight is 265 g/mol. The largest absolute Gasteiger partial charge is 0.337 e. The van der Waals surface area contributed by atoms with Gasteiger partial charge < -0.3 is 5.32 Å². The Morgan fingerprint density at radius 2 is 1.85 bits per heavy atom. The van der Waals surface area contributed by atoms with Crippen molar-refractivity contribution >= 4 is 11.5 Å². The lowest BCUT2D eigenvalue weighted by Gasteiger charge is -2.07. The third kappa shape index (κ3) is 2.38. The van der Waals surface area contributed by atoms with Gasteiger partial charge in [-0.15, -0.1) is 0 Å². The van der Waals surface area contributed by atoms with E-state index in [1.165, 1.54) is 0 Å². The fourth-order valence-electron chi connectivity index (χ4n) is 2.02. The maximum absolute atomic E-state index is 4.42. The zero-order valence-corrected chi connectivity index (χ0v) is 11.4. The highest BCUT2D eigenvalue weighted by atomic mass is 15.3. The standard InChI is InChI=1S/C15H15N5/c1-11-8-15(17-10-16-11)19-14-9-18-20(12(14)2)13-6-4-3-5-7-13/h3-10H,1-2H3,(H,16,17,19). The Labute approximate surface area is 117 Å². The highest BCUT2D eigenvalue weighted by Crippen LogP contribution is 2.21. The number of anilines is 2. The zero-order valence-electron chi connectivity index (χ0n) is 11.4. The monoisotopic (exact) mass is 265 g/mol. The molecule has 0 unspecified atom stereocenters. The van der Waals surface area contributed by atoms with E-state index in [4.69, 9.17) is 0 Å². The molecule has 2 heterocycles. The Hall–Kier alpha value is -2.69. The third-order valence-electron chi connectivity index (χ3n) is 3.08. The van der Waals surface area contributed by atoms with Crippen molar-refractivity contribution in [3.63, 3.8) is 0 Å². The number of para-hydroxylation sites is 1. The normalized spacial score (nSPS) is 10.5. The molecule has 0 bridgehead atoms. The van der Waals surface area contributed by atoms with Crippen molar-refractivity contribution in [2.45, 2.75) is 13.8 Å². The molecule has 0 aliphatic rings. The molecule has 1 N–H and O–H groups in total. The van der Waals surface area contributed by atoms with Crippen molar-refractivity contribution in [1.29, 1.82) is 0 Å². The molecule has 20 heavy (non-hydrogen) atoms. The van der Waals surface area contributed by atoms with E-state index in [1.807, 2.05) is 54.9 Å². The van der Waals surface area contributed by atoms with Crippen molar-refractivity contribution in [3.8, 4) is 5.69 Å². The van der Waals surface area contributed by atoms with Gasteiger partial charge in [0.1, 0.15) is 12.1 Å². The summed E-state index contributed by atoms with van der Waals surface area (Å²) in [5.74, 6) is 0.771. The van der Waals surface area contributed by atoms with E-state index in [-0.39, 0.29) is 0 Å². The molecule has 0 saturated carbocycles. The molecule has 0 radical (unpaired) electrons. The fraction of sp³-hybridized carbons (Fsp3) is 0.133. The summed E-state index contributed by atoms with van der Waals surface area (Å²) in [5.41, 5.74) is 3.94. The first-order valence-corrected chi connectivity index (χ1v) is 6.40. The first kappa shape index (κ1) is 12.3. The van der Waals surface area contributed by atoms with Crippen molar-refractivity contribution in [2.24, 2.45) is 0 Å². The SMILES string of the molecule is Cc1cc(Nc2cnn(-c3ccccc3)c2C)ncn1. The van der Waals surface area contributed by atoms with Gasteiger partial charge in [-0.2, -0.15) is 5.10 Å². The summed E-state index contributed by atoms with van der Waals surface area (Å²) in [4.78, 5) is 8.28. The van der Waals surface area contributed by atoms with Gasteiger partial charge in [-0.05, 0) is 26.0 Å². The van der Waals surface area contributed by atoms with Crippen LogP contribution >= 0.6 is 0 Å². The second kappa shape index (κ2) is 5.13.